The number of cyclic esters (lactones) is 1. The number of imide groups is 1. The lowest BCUT2D eigenvalue weighted by Crippen LogP contribution is -2.54. The fourth-order valence-corrected chi connectivity index (χ4v) is 7.01. The lowest BCUT2D eigenvalue weighted by molar-refractivity contribution is -0.139. The number of carbonyl (C=O) groups excluding carboxylic acids is 2. The summed E-state index contributed by atoms with van der Waals surface area (Å²) >= 11 is 0. The second-order valence-electron chi connectivity index (χ2n) is 13.7. The van der Waals surface area contributed by atoms with Crippen LogP contribution in [0.1, 0.15) is 52.7 Å². The van der Waals surface area contributed by atoms with Crippen LogP contribution in [0.3, 0.4) is 0 Å². The number of ether oxygens (including phenoxy) is 3. The van der Waals surface area contributed by atoms with Crippen molar-refractivity contribution in [3.8, 4) is 5.75 Å². The van der Waals surface area contributed by atoms with Gasteiger partial charge in [-0.25, -0.2) is 9.69 Å². The molecule has 0 bridgehead atoms. The average Bonchev–Trinajstić information content (AvgIpc) is 3.37. The predicted octanol–water partition coefficient (Wildman–Crippen LogP) is 8.21. The summed E-state index contributed by atoms with van der Waals surface area (Å²) in [6.45, 7) is 21.5. The van der Waals surface area contributed by atoms with Crippen LogP contribution in [-0.4, -0.2) is 57.2 Å². The molecule has 1 saturated heterocycles. The highest BCUT2D eigenvalue weighted by Crippen LogP contribution is 2.41. The number of hydrogen-bond acceptors (Lipinski definition) is 6. The lowest BCUT2D eigenvalue weighted by Gasteiger charge is -2.45. The van der Waals surface area contributed by atoms with E-state index in [4.69, 9.17) is 18.6 Å². The molecule has 45 heavy (non-hydrogen) atoms. The number of allylic oxidation sites excluding steroid dienone is 2. The van der Waals surface area contributed by atoms with Crippen LogP contribution in [0.25, 0.3) is 0 Å². The number of amides is 2. The van der Waals surface area contributed by atoms with Gasteiger partial charge in [-0.15, -0.1) is 0 Å². The molecule has 1 aliphatic heterocycles. The summed E-state index contributed by atoms with van der Waals surface area (Å²) in [5.41, 5.74) is 2.06. The lowest BCUT2D eigenvalue weighted by atomic mass is 9.83. The molecule has 1 fully saturated rings. The first-order chi connectivity index (χ1) is 21.2. The second kappa shape index (κ2) is 15.9. The van der Waals surface area contributed by atoms with E-state index in [1.807, 2.05) is 67.6 Å². The van der Waals surface area contributed by atoms with E-state index in [1.165, 1.54) is 4.90 Å². The number of methoxy groups -OCH3 is 1. The largest absolute Gasteiger partial charge is 0.497 e. The third-order valence-electron chi connectivity index (χ3n) is 9.34. The van der Waals surface area contributed by atoms with Gasteiger partial charge in [0.1, 0.15) is 12.4 Å². The van der Waals surface area contributed by atoms with E-state index in [2.05, 4.69) is 60.4 Å². The normalized spacial score (nSPS) is 19.1. The molecule has 0 saturated carbocycles. The van der Waals surface area contributed by atoms with Crippen molar-refractivity contribution in [3.63, 3.8) is 0 Å². The van der Waals surface area contributed by atoms with Gasteiger partial charge in [0.2, 0.25) is 5.91 Å². The minimum absolute atomic E-state index is 0.00773. The Balaban J connectivity index is 1.96. The minimum atomic E-state index is -2.37. The van der Waals surface area contributed by atoms with E-state index in [9.17, 15) is 9.59 Å². The molecule has 1 heterocycles. The molecule has 7 nitrogen and oxygen atoms in total. The first-order valence-corrected chi connectivity index (χ1v) is 18.9. The molecule has 2 amide bonds. The van der Waals surface area contributed by atoms with Crippen molar-refractivity contribution in [2.75, 3.05) is 13.7 Å². The van der Waals surface area contributed by atoms with Crippen LogP contribution >= 0.6 is 0 Å². The molecule has 0 aliphatic carbocycles. The summed E-state index contributed by atoms with van der Waals surface area (Å²) in [7, 11) is -0.722. The Hall–Kier alpha value is -3.20. The van der Waals surface area contributed by atoms with Gasteiger partial charge in [0, 0.05) is 11.8 Å². The fourth-order valence-electron chi connectivity index (χ4n) is 5.56. The quantitative estimate of drug-likeness (QED) is 0.145. The van der Waals surface area contributed by atoms with Crippen LogP contribution in [0.2, 0.25) is 18.1 Å². The molecular formula is C37H53NO6Si. The van der Waals surface area contributed by atoms with Crippen molar-refractivity contribution in [1.29, 1.82) is 0 Å². The van der Waals surface area contributed by atoms with E-state index < -0.39 is 26.4 Å². The van der Waals surface area contributed by atoms with E-state index >= 15 is 0 Å². The number of benzene rings is 2. The predicted molar refractivity (Wildman–Crippen MR) is 183 cm³/mol. The Morgan fingerprint density at radius 3 is 2.27 bits per heavy atom. The minimum Gasteiger partial charge on any atom is -0.497 e. The van der Waals surface area contributed by atoms with Crippen LogP contribution in [0, 0.1) is 17.8 Å². The zero-order valence-corrected chi connectivity index (χ0v) is 29.6. The molecule has 6 atom stereocenters. The SMILES string of the molecule is C=C/C=C\C(C)[C@H](OCc1ccc(OC)cc1)[C@@H](C)[C@H](O[Si](C)(C)C(C)(C)C)[C@@H](C)C(=O)N1C(=O)OCC1Cc1ccccc1. The first-order valence-electron chi connectivity index (χ1n) is 16.0. The maximum Gasteiger partial charge on any atom is 0.416 e. The van der Waals surface area contributed by atoms with Gasteiger partial charge in [0.25, 0.3) is 0 Å². The van der Waals surface area contributed by atoms with E-state index in [0.29, 0.717) is 13.0 Å². The number of hydrogen-bond donors (Lipinski definition) is 0. The van der Waals surface area contributed by atoms with Gasteiger partial charge >= 0.3 is 6.09 Å². The topological polar surface area (TPSA) is 74.3 Å². The molecule has 246 valence electrons. The van der Waals surface area contributed by atoms with Crippen LogP contribution in [-0.2, 0) is 31.7 Å². The number of carbonyl (C=O) groups is 2. The summed E-state index contributed by atoms with van der Waals surface area (Å²) in [6.07, 6.45) is 4.89. The zero-order chi connectivity index (χ0) is 33.4. The number of rotatable bonds is 15. The zero-order valence-electron chi connectivity index (χ0n) is 28.6. The van der Waals surface area contributed by atoms with Gasteiger partial charge in [0.15, 0.2) is 8.32 Å². The van der Waals surface area contributed by atoms with Gasteiger partial charge in [0.05, 0.1) is 37.9 Å². The molecule has 0 radical (unpaired) electrons. The molecule has 2 aromatic carbocycles. The molecule has 2 unspecified atom stereocenters. The Bertz CT molecular complexity index is 1290. The summed E-state index contributed by atoms with van der Waals surface area (Å²) in [6, 6.07) is 17.3. The van der Waals surface area contributed by atoms with Crippen molar-refractivity contribution in [3.05, 3.63) is 90.5 Å². The summed E-state index contributed by atoms with van der Waals surface area (Å²) in [4.78, 5) is 28.7. The second-order valence-corrected chi connectivity index (χ2v) is 18.5. The van der Waals surface area contributed by atoms with E-state index in [1.54, 1.807) is 13.2 Å². The molecular weight excluding hydrogens is 582 g/mol. The summed E-state index contributed by atoms with van der Waals surface area (Å²) < 4.78 is 24.5. The molecule has 1 aliphatic rings. The van der Waals surface area contributed by atoms with Crippen molar-refractivity contribution >= 4 is 20.3 Å². The molecule has 0 spiro atoms. The Morgan fingerprint density at radius 1 is 1.04 bits per heavy atom. The Morgan fingerprint density at radius 2 is 1.69 bits per heavy atom. The van der Waals surface area contributed by atoms with E-state index in [0.717, 1.165) is 16.9 Å². The molecule has 2 aromatic rings. The van der Waals surface area contributed by atoms with Crippen LogP contribution in [0.5, 0.6) is 5.75 Å². The van der Waals surface area contributed by atoms with Crippen LogP contribution in [0.15, 0.2) is 79.4 Å². The van der Waals surface area contributed by atoms with Gasteiger partial charge < -0.3 is 18.6 Å². The molecule has 0 aromatic heterocycles. The van der Waals surface area contributed by atoms with Crippen molar-refractivity contribution in [2.45, 2.75) is 91.0 Å². The Kier molecular flexibility index (Phi) is 12.8. The van der Waals surface area contributed by atoms with Gasteiger partial charge in [-0.05, 0) is 47.8 Å². The van der Waals surface area contributed by atoms with Gasteiger partial charge in [-0.1, -0.05) is 109 Å². The third kappa shape index (κ3) is 9.41. The third-order valence-corrected chi connectivity index (χ3v) is 13.8. The van der Waals surface area contributed by atoms with Crippen LogP contribution in [0.4, 0.5) is 4.79 Å². The van der Waals surface area contributed by atoms with Crippen molar-refractivity contribution in [1.82, 2.24) is 4.90 Å². The van der Waals surface area contributed by atoms with Crippen molar-refractivity contribution < 1.29 is 28.2 Å². The Labute approximate surface area is 271 Å². The fraction of sp³-hybridized carbons (Fsp3) is 0.514. The smallest absolute Gasteiger partial charge is 0.416 e. The maximum atomic E-state index is 14.3. The van der Waals surface area contributed by atoms with Crippen LogP contribution < -0.4 is 4.74 Å². The highest BCUT2D eigenvalue weighted by molar-refractivity contribution is 6.74. The monoisotopic (exact) mass is 635 g/mol. The highest BCUT2D eigenvalue weighted by atomic mass is 28.4. The molecule has 8 heteroatoms. The maximum absolute atomic E-state index is 14.3. The highest BCUT2D eigenvalue weighted by Gasteiger charge is 2.48. The summed E-state index contributed by atoms with van der Waals surface area (Å²) in [5.74, 6) is -0.330. The van der Waals surface area contributed by atoms with E-state index in [-0.39, 0.29) is 41.5 Å². The van der Waals surface area contributed by atoms with Gasteiger partial charge in [-0.3, -0.25) is 4.79 Å². The molecule has 3 rings (SSSR count). The molecule has 0 N–H and O–H groups in total. The standard InChI is InChI=1S/C37H53NO6Si/c1-11-12-16-26(2)33(42-24-30-19-21-32(41-8)22-20-30)27(3)34(44-45(9,10)37(5,6)7)28(4)35(39)38-31(25-43-36(38)40)23-29-17-14-13-15-18-29/h11-22,26-28,31,33-34H,1,23-25H2,2-10H3/b16-12-/t26?,27-,28-,31?,33+,34+/m1/s1. The number of nitrogens with zero attached hydrogens (tertiary/aromatic N) is 1. The first kappa shape index (κ1) is 36.3. The summed E-state index contributed by atoms with van der Waals surface area (Å²) in [5, 5.41) is -0.0933. The average molecular weight is 636 g/mol. The van der Waals surface area contributed by atoms with Crippen molar-refractivity contribution in [2.24, 2.45) is 17.8 Å². The van der Waals surface area contributed by atoms with Gasteiger partial charge in [-0.2, -0.15) is 0 Å².